The Hall–Kier alpha value is -1.71. The van der Waals surface area contributed by atoms with Crippen LogP contribution in [0.3, 0.4) is 0 Å². The summed E-state index contributed by atoms with van der Waals surface area (Å²) in [7, 11) is 0. The third kappa shape index (κ3) is 3.93. The van der Waals surface area contributed by atoms with E-state index in [2.05, 4.69) is 41.0 Å². The van der Waals surface area contributed by atoms with Crippen molar-refractivity contribution in [2.75, 3.05) is 26.2 Å². The van der Waals surface area contributed by atoms with Crippen LogP contribution in [0.25, 0.3) is 0 Å². The monoisotopic (exact) mass is 298 g/mol. The molecule has 0 radical (unpaired) electrons. The maximum atomic E-state index is 13.2. The Morgan fingerprint density at radius 2 is 1.55 bits per heavy atom. The van der Waals surface area contributed by atoms with E-state index >= 15 is 0 Å². The lowest BCUT2D eigenvalue weighted by Crippen LogP contribution is -2.45. The molecular weight excluding hydrogens is 275 g/mol. The van der Waals surface area contributed by atoms with Crippen molar-refractivity contribution in [2.24, 2.45) is 0 Å². The Kier molecular flexibility index (Phi) is 4.86. The maximum absolute atomic E-state index is 13.2. The smallest absolute Gasteiger partial charge is 0.123 e. The fourth-order valence-corrected chi connectivity index (χ4v) is 3.03. The van der Waals surface area contributed by atoms with Crippen molar-refractivity contribution in [1.29, 1.82) is 0 Å². The highest BCUT2D eigenvalue weighted by Crippen LogP contribution is 2.14. The van der Waals surface area contributed by atoms with E-state index in [1.165, 1.54) is 17.2 Å². The predicted octanol–water partition coefficient (Wildman–Crippen LogP) is 3.45. The van der Waals surface area contributed by atoms with E-state index in [-0.39, 0.29) is 5.82 Å². The first-order chi connectivity index (χ1) is 10.7. The lowest BCUT2D eigenvalue weighted by atomic mass is 10.1. The molecule has 22 heavy (non-hydrogen) atoms. The van der Waals surface area contributed by atoms with Gasteiger partial charge in [0.1, 0.15) is 5.82 Å². The van der Waals surface area contributed by atoms with Crippen molar-refractivity contribution in [2.45, 2.75) is 20.0 Å². The quantitative estimate of drug-likeness (QED) is 0.853. The molecule has 2 aromatic carbocycles. The Morgan fingerprint density at radius 1 is 0.864 bits per heavy atom. The number of benzene rings is 2. The van der Waals surface area contributed by atoms with Crippen LogP contribution < -0.4 is 0 Å². The standard InChI is InChI=1S/C19H23FN2/c1-16-5-2-3-7-18(16)15-22-11-9-21(10-12-22)14-17-6-4-8-19(20)13-17/h2-8,13H,9-12,14-15H2,1H3. The van der Waals surface area contributed by atoms with Gasteiger partial charge in [-0.05, 0) is 35.7 Å². The fraction of sp³-hybridized carbons (Fsp3) is 0.368. The molecule has 1 aliphatic heterocycles. The van der Waals surface area contributed by atoms with Crippen molar-refractivity contribution in [3.63, 3.8) is 0 Å². The van der Waals surface area contributed by atoms with Gasteiger partial charge in [0.15, 0.2) is 0 Å². The molecule has 0 unspecified atom stereocenters. The highest BCUT2D eigenvalue weighted by atomic mass is 19.1. The first-order valence-electron chi connectivity index (χ1n) is 7.94. The van der Waals surface area contributed by atoms with E-state index in [4.69, 9.17) is 0 Å². The summed E-state index contributed by atoms with van der Waals surface area (Å²) in [4.78, 5) is 4.91. The minimum Gasteiger partial charge on any atom is -0.297 e. The number of nitrogens with zero attached hydrogens (tertiary/aromatic N) is 2. The van der Waals surface area contributed by atoms with Crippen molar-refractivity contribution < 1.29 is 4.39 Å². The molecule has 0 aliphatic carbocycles. The summed E-state index contributed by atoms with van der Waals surface area (Å²) in [5.74, 6) is -0.143. The van der Waals surface area contributed by atoms with Crippen LogP contribution >= 0.6 is 0 Å². The first-order valence-corrected chi connectivity index (χ1v) is 7.94. The van der Waals surface area contributed by atoms with Gasteiger partial charge in [-0.2, -0.15) is 0 Å². The Labute approximate surface area is 132 Å². The lowest BCUT2D eigenvalue weighted by molar-refractivity contribution is 0.122. The molecule has 0 bridgehead atoms. The van der Waals surface area contributed by atoms with Crippen LogP contribution in [0.4, 0.5) is 4.39 Å². The predicted molar refractivity (Wildman–Crippen MR) is 88.1 cm³/mol. The summed E-state index contributed by atoms with van der Waals surface area (Å²) in [6, 6.07) is 15.5. The average Bonchev–Trinajstić information content (AvgIpc) is 2.52. The third-order valence-corrected chi connectivity index (χ3v) is 4.42. The summed E-state index contributed by atoms with van der Waals surface area (Å²) in [5.41, 5.74) is 3.85. The number of hydrogen-bond donors (Lipinski definition) is 0. The number of hydrogen-bond acceptors (Lipinski definition) is 2. The minimum absolute atomic E-state index is 0.143. The molecule has 0 spiro atoms. The van der Waals surface area contributed by atoms with Gasteiger partial charge in [-0.1, -0.05) is 36.4 Å². The Balaban J connectivity index is 1.51. The molecule has 2 nitrogen and oxygen atoms in total. The molecule has 0 atom stereocenters. The zero-order valence-electron chi connectivity index (χ0n) is 13.1. The van der Waals surface area contributed by atoms with Gasteiger partial charge >= 0.3 is 0 Å². The van der Waals surface area contributed by atoms with Crippen molar-refractivity contribution in [3.8, 4) is 0 Å². The normalized spacial score (nSPS) is 16.8. The van der Waals surface area contributed by atoms with E-state index in [1.807, 2.05) is 6.07 Å². The molecular formula is C19H23FN2. The van der Waals surface area contributed by atoms with E-state index in [9.17, 15) is 4.39 Å². The molecule has 1 heterocycles. The van der Waals surface area contributed by atoms with Crippen molar-refractivity contribution in [3.05, 3.63) is 71.0 Å². The van der Waals surface area contributed by atoms with Gasteiger partial charge in [0.25, 0.3) is 0 Å². The zero-order valence-corrected chi connectivity index (χ0v) is 13.1. The second kappa shape index (κ2) is 7.03. The molecule has 116 valence electrons. The number of aryl methyl sites for hydroxylation is 1. The highest BCUT2D eigenvalue weighted by Gasteiger charge is 2.17. The Bertz CT molecular complexity index is 618. The highest BCUT2D eigenvalue weighted by molar-refractivity contribution is 5.25. The van der Waals surface area contributed by atoms with Crippen LogP contribution in [0.2, 0.25) is 0 Å². The Morgan fingerprint density at radius 3 is 2.23 bits per heavy atom. The van der Waals surface area contributed by atoms with Crippen LogP contribution in [0.5, 0.6) is 0 Å². The number of halogens is 1. The van der Waals surface area contributed by atoms with Gasteiger partial charge in [-0.15, -0.1) is 0 Å². The fourth-order valence-electron chi connectivity index (χ4n) is 3.03. The van der Waals surface area contributed by atoms with Crippen molar-refractivity contribution in [1.82, 2.24) is 9.80 Å². The van der Waals surface area contributed by atoms with E-state index in [0.717, 1.165) is 44.8 Å². The van der Waals surface area contributed by atoms with Gasteiger partial charge in [-0.25, -0.2) is 4.39 Å². The zero-order chi connectivity index (χ0) is 15.4. The number of piperazine rings is 1. The summed E-state index contributed by atoms with van der Waals surface area (Å²) in [6.45, 7) is 8.28. The second-order valence-corrected chi connectivity index (χ2v) is 6.11. The topological polar surface area (TPSA) is 6.48 Å². The van der Waals surface area contributed by atoms with Crippen molar-refractivity contribution >= 4 is 0 Å². The van der Waals surface area contributed by atoms with Gasteiger partial charge in [0.05, 0.1) is 0 Å². The van der Waals surface area contributed by atoms with Crippen LogP contribution in [-0.2, 0) is 13.1 Å². The van der Waals surface area contributed by atoms with Crippen LogP contribution in [0.15, 0.2) is 48.5 Å². The van der Waals surface area contributed by atoms with E-state index in [0.29, 0.717) is 0 Å². The molecule has 0 aromatic heterocycles. The SMILES string of the molecule is Cc1ccccc1CN1CCN(Cc2cccc(F)c2)CC1. The second-order valence-electron chi connectivity index (χ2n) is 6.11. The molecule has 1 fully saturated rings. The first kappa shape index (κ1) is 15.2. The van der Waals surface area contributed by atoms with Gasteiger partial charge in [0.2, 0.25) is 0 Å². The van der Waals surface area contributed by atoms with Gasteiger partial charge in [-0.3, -0.25) is 9.80 Å². The summed E-state index contributed by atoms with van der Waals surface area (Å²) >= 11 is 0. The third-order valence-electron chi connectivity index (χ3n) is 4.42. The molecule has 3 heteroatoms. The molecule has 2 aromatic rings. The molecule has 3 rings (SSSR count). The molecule has 0 amide bonds. The summed E-state index contributed by atoms with van der Waals surface area (Å²) in [6.07, 6.45) is 0. The number of rotatable bonds is 4. The van der Waals surface area contributed by atoms with Crippen LogP contribution in [0, 0.1) is 12.7 Å². The van der Waals surface area contributed by atoms with Gasteiger partial charge < -0.3 is 0 Å². The molecule has 1 aliphatic rings. The van der Waals surface area contributed by atoms with Crippen LogP contribution in [0.1, 0.15) is 16.7 Å². The molecule has 1 saturated heterocycles. The largest absolute Gasteiger partial charge is 0.297 e. The molecule has 0 N–H and O–H groups in total. The summed E-state index contributed by atoms with van der Waals surface area (Å²) < 4.78 is 13.2. The van der Waals surface area contributed by atoms with Gasteiger partial charge in [0, 0.05) is 39.3 Å². The maximum Gasteiger partial charge on any atom is 0.123 e. The summed E-state index contributed by atoms with van der Waals surface area (Å²) in [5, 5.41) is 0. The van der Waals surface area contributed by atoms with Crippen LogP contribution in [-0.4, -0.2) is 36.0 Å². The average molecular weight is 298 g/mol. The van der Waals surface area contributed by atoms with E-state index in [1.54, 1.807) is 12.1 Å². The molecule has 0 saturated carbocycles. The van der Waals surface area contributed by atoms with E-state index < -0.39 is 0 Å². The minimum atomic E-state index is -0.143. The lowest BCUT2D eigenvalue weighted by Gasteiger charge is -2.35.